The molecule has 188 valence electrons. The summed E-state index contributed by atoms with van der Waals surface area (Å²) < 4.78 is 0. The molecule has 0 aromatic heterocycles. The van der Waals surface area contributed by atoms with Crippen molar-refractivity contribution < 1.29 is 4.79 Å². The molecule has 0 aliphatic rings. The van der Waals surface area contributed by atoms with Crippen LogP contribution in [0.5, 0.6) is 0 Å². The van der Waals surface area contributed by atoms with Gasteiger partial charge in [-0.25, -0.2) is 4.79 Å². The molecule has 2 amide bonds. The van der Waals surface area contributed by atoms with Gasteiger partial charge in [0, 0.05) is 0 Å². The minimum atomic E-state index is -0.0559. The molecular formula is C31H48N2O. The Kier molecular flexibility index (Phi) is 14.9. The second kappa shape index (κ2) is 18.1. The summed E-state index contributed by atoms with van der Waals surface area (Å²) in [4.78, 5) is 13.1. The summed E-state index contributed by atoms with van der Waals surface area (Å²) in [6.45, 7) is 4.51. The minimum absolute atomic E-state index is 0.0536. The van der Waals surface area contributed by atoms with Gasteiger partial charge in [-0.1, -0.05) is 152 Å². The van der Waals surface area contributed by atoms with Crippen molar-refractivity contribution in [2.75, 3.05) is 0 Å². The van der Waals surface area contributed by atoms with E-state index >= 15 is 0 Å². The van der Waals surface area contributed by atoms with Gasteiger partial charge >= 0.3 is 6.03 Å². The highest BCUT2D eigenvalue weighted by Crippen LogP contribution is 2.23. The van der Waals surface area contributed by atoms with Crippen LogP contribution in [0.25, 0.3) is 0 Å². The monoisotopic (exact) mass is 464 g/mol. The molecule has 3 heteroatoms. The third-order valence-corrected chi connectivity index (χ3v) is 6.71. The molecule has 0 spiro atoms. The second-order valence-corrected chi connectivity index (χ2v) is 9.66. The molecule has 0 aliphatic carbocycles. The van der Waals surface area contributed by atoms with Crippen LogP contribution in [0.3, 0.4) is 0 Å². The van der Waals surface area contributed by atoms with Gasteiger partial charge in [-0.15, -0.1) is 0 Å². The lowest BCUT2D eigenvalue weighted by Crippen LogP contribution is -2.40. The number of urea groups is 1. The van der Waals surface area contributed by atoms with Gasteiger partial charge in [-0.05, 0) is 24.0 Å². The van der Waals surface area contributed by atoms with Crippen LogP contribution in [0.2, 0.25) is 0 Å². The van der Waals surface area contributed by atoms with Crippen molar-refractivity contribution in [3.63, 3.8) is 0 Å². The summed E-state index contributed by atoms with van der Waals surface area (Å²) in [5, 5.41) is 6.61. The van der Waals surface area contributed by atoms with E-state index in [1.807, 2.05) is 12.1 Å². The van der Waals surface area contributed by atoms with Crippen molar-refractivity contribution in [2.45, 2.75) is 116 Å². The standard InChI is InChI=1S/C31H48N2O/c1-3-5-7-9-11-19-25-29(27-21-15-13-16-22-27)32-31(34)33-30(28-23-17-14-18-24-28)26-20-12-10-8-6-4-2/h13-18,21-24,29-30H,3-12,19-20,25-26H2,1-2H3,(H2,32,33,34). The van der Waals surface area contributed by atoms with Gasteiger partial charge in [-0.3, -0.25) is 0 Å². The molecule has 3 nitrogen and oxygen atoms in total. The first-order valence-electron chi connectivity index (χ1n) is 13.9. The Morgan fingerprint density at radius 2 is 0.912 bits per heavy atom. The Morgan fingerprint density at radius 1 is 0.559 bits per heavy atom. The van der Waals surface area contributed by atoms with Crippen molar-refractivity contribution in [1.82, 2.24) is 10.6 Å². The molecule has 2 N–H and O–H groups in total. The van der Waals surface area contributed by atoms with Crippen LogP contribution in [0, 0.1) is 0 Å². The minimum Gasteiger partial charge on any atom is -0.331 e. The molecule has 2 aromatic carbocycles. The van der Waals surface area contributed by atoms with Crippen molar-refractivity contribution in [3.05, 3.63) is 71.8 Å². The Balaban J connectivity index is 1.93. The molecule has 0 bridgehead atoms. The third-order valence-electron chi connectivity index (χ3n) is 6.71. The van der Waals surface area contributed by atoms with Crippen LogP contribution in [0.1, 0.15) is 127 Å². The lowest BCUT2D eigenvalue weighted by Gasteiger charge is -2.24. The summed E-state index contributed by atoms with van der Waals surface area (Å²) in [5.41, 5.74) is 2.39. The maximum Gasteiger partial charge on any atom is 0.315 e. The normalized spacial score (nSPS) is 12.8. The van der Waals surface area contributed by atoms with Crippen LogP contribution < -0.4 is 10.6 Å². The first-order chi connectivity index (χ1) is 16.7. The first kappa shape index (κ1) is 28.0. The number of amides is 2. The predicted octanol–water partition coefficient (Wildman–Crippen LogP) is 9.27. The molecule has 34 heavy (non-hydrogen) atoms. The SMILES string of the molecule is CCCCCCCCC(NC(=O)NC(CCCCCCCC)c1ccccc1)c1ccccc1. The van der Waals surface area contributed by atoms with Crippen molar-refractivity contribution in [2.24, 2.45) is 0 Å². The largest absolute Gasteiger partial charge is 0.331 e. The van der Waals surface area contributed by atoms with E-state index in [9.17, 15) is 4.79 Å². The Morgan fingerprint density at radius 3 is 1.29 bits per heavy atom. The number of carbonyl (C=O) groups excluding carboxylic acids is 1. The molecule has 0 radical (unpaired) electrons. The highest BCUT2D eigenvalue weighted by Gasteiger charge is 2.18. The first-order valence-corrected chi connectivity index (χ1v) is 13.9. The van der Waals surface area contributed by atoms with Gasteiger partial charge in [0.05, 0.1) is 12.1 Å². The molecule has 0 heterocycles. The summed E-state index contributed by atoms with van der Waals surface area (Å²) in [7, 11) is 0. The zero-order valence-corrected chi connectivity index (χ0v) is 21.7. The number of unbranched alkanes of at least 4 members (excludes halogenated alkanes) is 10. The average Bonchev–Trinajstić information content (AvgIpc) is 2.87. The van der Waals surface area contributed by atoms with Gasteiger partial charge in [-0.2, -0.15) is 0 Å². The zero-order chi connectivity index (χ0) is 24.3. The Labute approximate surface area is 209 Å². The van der Waals surface area contributed by atoms with Gasteiger partial charge in [0.25, 0.3) is 0 Å². The van der Waals surface area contributed by atoms with E-state index in [4.69, 9.17) is 0 Å². The molecule has 2 rings (SSSR count). The summed E-state index contributed by atoms with van der Waals surface area (Å²) in [6.07, 6.45) is 17.1. The van der Waals surface area contributed by atoms with E-state index in [0.717, 1.165) is 25.7 Å². The van der Waals surface area contributed by atoms with Crippen molar-refractivity contribution in [3.8, 4) is 0 Å². The topological polar surface area (TPSA) is 41.1 Å². The van der Waals surface area contributed by atoms with E-state index in [1.54, 1.807) is 0 Å². The fraction of sp³-hybridized carbons (Fsp3) is 0.581. The predicted molar refractivity (Wildman–Crippen MR) is 146 cm³/mol. The number of carbonyl (C=O) groups is 1. The maximum absolute atomic E-state index is 13.1. The number of rotatable bonds is 18. The number of benzene rings is 2. The van der Waals surface area contributed by atoms with Crippen LogP contribution >= 0.6 is 0 Å². The van der Waals surface area contributed by atoms with E-state index in [2.05, 4.69) is 73.0 Å². The van der Waals surface area contributed by atoms with E-state index in [0.29, 0.717) is 0 Å². The second-order valence-electron chi connectivity index (χ2n) is 9.66. The molecule has 2 aromatic rings. The lowest BCUT2D eigenvalue weighted by atomic mass is 9.99. The smallest absolute Gasteiger partial charge is 0.315 e. The highest BCUT2D eigenvalue weighted by molar-refractivity contribution is 5.75. The molecule has 0 aliphatic heterocycles. The van der Waals surface area contributed by atoms with Gasteiger partial charge in [0.2, 0.25) is 0 Å². The summed E-state index contributed by atoms with van der Waals surface area (Å²) >= 11 is 0. The average molecular weight is 465 g/mol. The third kappa shape index (κ3) is 11.7. The number of nitrogens with one attached hydrogen (secondary N) is 2. The van der Waals surface area contributed by atoms with Crippen molar-refractivity contribution >= 4 is 6.03 Å². The molecule has 0 saturated carbocycles. The zero-order valence-electron chi connectivity index (χ0n) is 21.7. The molecular weight excluding hydrogens is 416 g/mol. The number of hydrogen-bond donors (Lipinski definition) is 2. The van der Waals surface area contributed by atoms with Crippen LogP contribution in [0.4, 0.5) is 4.79 Å². The molecule has 2 atom stereocenters. The fourth-order valence-electron chi connectivity index (χ4n) is 4.63. The quantitative estimate of drug-likeness (QED) is 0.212. The van der Waals surface area contributed by atoms with Crippen LogP contribution in [-0.2, 0) is 0 Å². The van der Waals surface area contributed by atoms with E-state index < -0.39 is 0 Å². The van der Waals surface area contributed by atoms with E-state index in [-0.39, 0.29) is 18.1 Å². The summed E-state index contributed by atoms with van der Waals surface area (Å²) in [5.74, 6) is 0. The summed E-state index contributed by atoms with van der Waals surface area (Å²) in [6, 6.07) is 20.9. The Bertz CT molecular complexity index is 683. The number of hydrogen-bond acceptors (Lipinski definition) is 1. The Hall–Kier alpha value is -2.29. The van der Waals surface area contributed by atoms with Crippen LogP contribution in [0.15, 0.2) is 60.7 Å². The van der Waals surface area contributed by atoms with Crippen LogP contribution in [-0.4, -0.2) is 6.03 Å². The molecule has 0 fully saturated rings. The van der Waals surface area contributed by atoms with Crippen molar-refractivity contribution in [1.29, 1.82) is 0 Å². The van der Waals surface area contributed by atoms with Gasteiger partial charge in [0.15, 0.2) is 0 Å². The lowest BCUT2D eigenvalue weighted by molar-refractivity contribution is 0.231. The van der Waals surface area contributed by atoms with Gasteiger partial charge < -0.3 is 10.6 Å². The molecule has 0 saturated heterocycles. The van der Waals surface area contributed by atoms with Gasteiger partial charge in [0.1, 0.15) is 0 Å². The fourth-order valence-corrected chi connectivity index (χ4v) is 4.63. The molecule has 2 unspecified atom stereocenters. The highest BCUT2D eigenvalue weighted by atomic mass is 16.2. The van der Waals surface area contributed by atoms with E-state index in [1.165, 1.54) is 75.3 Å². The maximum atomic E-state index is 13.1.